The van der Waals surface area contributed by atoms with Gasteiger partial charge in [0, 0.05) is 0 Å². The largest absolute Gasteiger partial charge is 0.365 e. The minimum atomic E-state index is -1.81. The summed E-state index contributed by atoms with van der Waals surface area (Å²) in [5, 5.41) is 16.8. The van der Waals surface area contributed by atoms with Crippen molar-refractivity contribution in [2.45, 2.75) is 12.1 Å². The number of aliphatic hydroxyl groups is 1. The molecule has 0 aromatic heterocycles. The van der Waals surface area contributed by atoms with Crippen LogP contribution in [0.4, 0.5) is 0 Å². The van der Waals surface area contributed by atoms with Crippen LogP contribution in [0, 0.1) is 0 Å². The van der Waals surface area contributed by atoms with Crippen LogP contribution in [-0.4, -0.2) is 28.7 Å². The Balaban J connectivity index is 2.70. The maximum atomic E-state index is 10.1. The number of ether oxygens (including phenoxy) is 1. The Hall–Kier alpha value is -0.750. The van der Waals surface area contributed by atoms with Crippen molar-refractivity contribution < 1.29 is 24.8 Å². The van der Waals surface area contributed by atoms with Crippen LogP contribution in [0.15, 0.2) is 12.2 Å². The van der Waals surface area contributed by atoms with Gasteiger partial charge in [-0.2, -0.15) is 4.89 Å². The molecule has 56 valence electrons. The second-order valence-electron chi connectivity index (χ2n) is 1.80. The van der Waals surface area contributed by atoms with Crippen molar-refractivity contribution in [3.8, 4) is 0 Å². The Bertz CT molecular complexity index is 165. The zero-order valence-corrected chi connectivity index (χ0v) is 4.93. The molecular formula is C5H6O5. The minimum Gasteiger partial charge on any atom is -0.365 e. The van der Waals surface area contributed by atoms with Crippen molar-refractivity contribution in [2.24, 2.45) is 0 Å². The highest BCUT2D eigenvalue weighted by Gasteiger charge is 2.36. The van der Waals surface area contributed by atoms with E-state index in [1.54, 1.807) is 0 Å². The summed E-state index contributed by atoms with van der Waals surface area (Å²) in [6.45, 7) is 0. The Morgan fingerprint density at radius 3 is 2.70 bits per heavy atom. The van der Waals surface area contributed by atoms with E-state index in [1.807, 2.05) is 0 Å². The lowest BCUT2D eigenvalue weighted by atomic mass is 10.3. The number of hydrogen-bond donors (Lipinski definition) is 2. The van der Waals surface area contributed by atoms with Gasteiger partial charge in [-0.15, -0.1) is 0 Å². The molecule has 5 nitrogen and oxygen atoms in total. The molecule has 1 rings (SSSR count). The molecule has 0 amide bonds. The fourth-order valence-corrected chi connectivity index (χ4v) is 0.624. The Kier molecular flexibility index (Phi) is 1.82. The minimum absolute atomic E-state index is 0.236. The van der Waals surface area contributed by atoms with Crippen LogP contribution < -0.4 is 0 Å². The van der Waals surface area contributed by atoms with E-state index in [0.717, 1.165) is 6.08 Å². The molecule has 0 spiro atoms. The zero-order chi connectivity index (χ0) is 7.61. The van der Waals surface area contributed by atoms with E-state index < -0.39 is 12.1 Å². The molecule has 1 aliphatic rings. The van der Waals surface area contributed by atoms with E-state index in [9.17, 15) is 4.79 Å². The highest BCUT2D eigenvalue weighted by atomic mass is 17.1. The first-order valence-corrected chi connectivity index (χ1v) is 2.56. The molecule has 0 radical (unpaired) electrons. The predicted octanol–water partition coefficient (Wildman–Crippen LogP) is -0.724. The van der Waals surface area contributed by atoms with Gasteiger partial charge in [-0.1, -0.05) is 0 Å². The normalized spacial score (nSPS) is 38.4. The van der Waals surface area contributed by atoms with Crippen LogP contribution in [0.25, 0.3) is 0 Å². The molecule has 0 aromatic rings. The van der Waals surface area contributed by atoms with Crippen LogP contribution in [0.1, 0.15) is 0 Å². The molecule has 5 heteroatoms. The van der Waals surface area contributed by atoms with Crippen molar-refractivity contribution in [3.05, 3.63) is 12.2 Å². The molecule has 0 bridgehead atoms. The van der Waals surface area contributed by atoms with Crippen molar-refractivity contribution in [3.63, 3.8) is 0 Å². The summed E-state index contributed by atoms with van der Waals surface area (Å²) in [5.41, 5.74) is 0. The molecule has 2 atom stereocenters. The third kappa shape index (κ3) is 1.07. The van der Waals surface area contributed by atoms with Gasteiger partial charge in [0.1, 0.15) is 0 Å². The topological polar surface area (TPSA) is 76.0 Å². The van der Waals surface area contributed by atoms with Crippen molar-refractivity contribution in [1.29, 1.82) is 0 Å². The molecule has 0 saturated carbocycles. The van der Waals surface area contributed by atoms with E-state index in [2.05, 4.69) is 9.62 Å². The second-order valence-corrected chi connectivity index (χ2v) is 1.80. The summed E-state index contributed by atoms with van der Waals surface area (Å²) in [4.78, 5) is 13.8. The molecule has 10 heavy (non-hydrogen) atoms. The predicted molar refractivity (Wildman–Crippen MR) is 28.7 cm³/mol. The molecule has 2 unspecified atom stereocenters. The molecule has 0 saturated heterocycles. The first-order valence-electron chi connectivity index (χ1n) is 2.56. The van der Waals surface area contributed by atoms with Gasteiger partial charge in [-0.05, 0) is 12.2 Å². The van der Waals surface area contributed by atoms with Gasteiger partial charge in [-0.25, -0.2) is 5.26 Å². The average molecular weight is 146 g/mol. The van der Waals surface area contributed by atoms with E-state index in [-0.39, 0.29) is 6.29 Å². The van der Waals surface area contributed by atoms with Crippen molar-refractivity contribution >= 4 is 6.29 Å². The Labute approximate surface area is 56.4 Å². The quantitative estimate of drug-likeness (QED) is 0.232. The summed E-state index contributed by atoms with van der Waals surface area (Å²) in [6, 6.07) is 0. The number of carbonyl (C=O) groups is 1. The number of rotatable bonds is 2. The molecule has 0 aliphatic carbocycles. The van der Waals surface area contributed by atoms with E-state index >= 15 is 0 Å². The maximum absolute atomic E-state index is 10.1. The first kappa shape index (κ1) is 7.36. The van der Waals surface area contributed by atoms with Crippen molar-refractivity contribution in [1.82, 2.24) is 0 Å². The lowest BCUT2D eigenvalue weighted by molar-refractivity contribution is -0.374. The molecule has 2 N–H and O–H groups in total. The zero-order valence-electron chi connectivity index (χ0n) is 4.93. The van der Waals surface area contributed by atoms with Gasteiger partial charge in [-0.3, -0.25) is 4.79 Å². The van der Waals surface area contributed by atoms with Gasteiger partial charge in [0.2, 0.25) is 0 Å². The Morgan fingerprint density at radius 1 is 1.80 bits per heavy atom. The standard InChI is InChI=1S/C5H6O5/c6-3-5(10-8)2-1-4(7)9-5/h1-4,7-8H. The average Bonchev–Trinajstić information content (AvgIpc) is 2.33. The van der Waals surface area contributed by atoms with Crippen LogP contribution >= 0.6 is 0 Å². The lowest BCUT2D eigenvalue weighted by Gasteiger charge is -2.15. The maximum Gasteiger partial charge on any atom is 0.279 e. The number of aliphatic hydroxyl groups excluding tert-OH is 1. The third-order valence-electron chi connectivity index (χ3n) is 1.11. The fourth-order valence-electron chi connectivity index (χ4n) is 0.624. The van der Waals surface area contributed by atoms with E-state index in [0.29, 0.717) is 0 Å². The van der Waals surface area contributed by atoms with E-state index in [4.69, 9.17) is 10.4 Å². The van der Waals surface area contributed by atoms with Gasteiger partial charge in [0.15, 0.2) is 12.6 Å². The second kappa shape index (κ2) is 2.47. The highest BCUT2D eigenvalue weighted by molar-refractivity contribution is 5.64. The molecule has 1 aliphatic heterocycles. The molecule has 0 fully saturated rings. The molecular weight excluding hydrogens is 140 g/mol. The van der Waals surface area contributed by atoms with E-state index in [1.165, 1.54) is 6.08 Å². The van der Waals surface area contributed by atoms with Gasteiger partial charge < -0.3 is 9.84 Å². The fraction of sp³-hybridized carbons (Fsp3) is 0.400. The lowest BCUT2D eigenvalue weighted by Crippen LogP contribution is -2.33. The summed E-state index contributed by atoms with van der Waals surface area (Å²) < 4.78 is 4.45. The highest BCUT2D eigenvalue weighted by Crippen LogP contribution is 2.19. The smallest absolute Gasteiger partial charge is 0.279 e. The van der Waals surface area contributed by atoms with Crippen LogP contribution in [0.5, 0.6) is 0 Å². The van der Waals surface area contributed by atoms with Gasteiger partial charge in [0.05, 0.1) is 0 Å². The van der Waals surface area contributed by atoms with Crippen LogP contribution in [-0.2, 0) is 14.4 Å². The van der Waals surface area contributed by atoms with Crippen LogP contribution in [0.2, 0.25) is 0 Å². The SMILES string of the molecule is O=CC1(OO)C=CC(O)O1. The number of aldehydes is 1. The van der Waals surface area contributed by atoms with Gasteiger partial charge >= 0.3 is 0 Å². The van der Waals surface area contributed by atoms with Crippen LogP contribution in [0.3, 0.4) is 0 Å². The summed E-state index contributed by atoms with van der Waals surface area (Å²) >= 11 is 0. The number of hydrogen-bond acceptors (Lipinski definition) is 5. The number of carbonyl (C=O) groups excluding carboxylic acids is 1. The molecule has 0 aromatic carbocycles. The Morgan fingerprint density at radius 2 is 2.50 bits per heavy atom. The summed E-state index contributed by atoms with van der Waals surface area (Å²) in [6.07, 6.45) is 1.34. The molecule has 1 heterocycles. The van der Waals surface area contributed by atoms with Gasteiger partial charge in [0.25, 0.3) is 5.79 Å². The summed E-state index contributed by atoms with van der Waals surface area (Å²) in [7, 11) is 0. The first-order chi connectivity index (χ1) is 4.72. The van der Waals surface area contributed by atoms with Crippen molar-refractivity contribution in [2.75, 3.05) is 0 Å². The summed E-state index contributed by atoms with van der Waals surface area (Å²) in [5.74, 6) is -1.81. The monoisotopic (exact) mass is 146 g/mol. The third-order valence-corrected chi connectivity index (χ3v) is 1.11.